The molecular formula is C26H20NO2+. The lowest BCUT2D eigenvalue weighted by atomic mass is 10.00. The normalized spacial score (nSPS) is 12.0. The Morgan fingerprint density at radius 1 is 0.655 bits per heavy atom. The molecule has 6 aromatic rings. The predicted octanol–water partition coefficient (Wildman–Crippen LogP) is 6.59. The first-order chi connectivity index (χ1) is 14.1. The zero-order chi connectivity index (χ0) is 19.7. The summed E-state index contributed by atoms with van der Waals surface area (Å²) < 4.78 is 14.9. The third-order valence-electron chi connectivity index (χ3n) is 5.90. The maximum absolute atomic E-state index is 6.54. The van der Waals surface area contributed by atoms with Crippen LogP contribution in [0.5, 0.6) is 0 Å². The second kappa shape index (κ2) is 5.71. The molecule has 0 atom stereocenters. The number of rotatable bonds is 1. The molecule has 3 heteroatoms. The Kier molecular flexibility index (Phi) is 3.22. The summed E-state index contributed by atoms with van der Waals surface area (Å²) in [5, 5.41) is 4.41. The molecule has 0 saturated heterocycles. The molecule has 0 unspecified atom stereocenters. The van der Waals surface area contributed by atoms with Crippen molar-refractivity contribution in [1.82, 2.24) is 0 Å². The number of para-hydroxylation sites is 1. The fraction of sp³-hybridized carbons (Fsp3) is 0.115. The Morgan fingerprint density at radius 2 is 1.34 bits per heavy atom. The monoisotopic (exact) mass is 378 g/mol. The standard InChI is InChI=1S/C26H20NO2/c1-15-8-13-21(27(3)14-15)23-16(2)9-10-19-20-12-11-18-17-6-4-5-7-22(17)28-25(18)26(20)29-24(19)23/h4-14H,1-3H3/q+1. The minimum Gasteiger partial charge on any atom is -0.452 e. The minimum atomic E-state index is 0.815. The first kappa shape index (κ1) is 16.4. The average molecular weight is 378 g/mol. The zero-order valence-electron chi connectivity index (χ0n) is 16.6. The van der Waals surface area contributed by atoms with Crippen LogP contribution in [0.1, 0.15) is 11.1 Å². The average Bonchev–Trinajstić information content (AvgIpc) is 3.27. The number of furan rings is 2. The molecule has 0 N–H and O–H groups in total. The Labute approximate surface area is 167 Å². The highest BCUT2D eigenvalue weighted by atomic mass is 16.4. The Hall–Kier alpha value is -3.59. The summed E-state index contributed by atoms with van der Waals surface area (Å²) in [7, 11) is 2.08. The van der Waals surface area contributed by atoms with Crippen LogP contribution in [-0.4, -0.2) is 0 Å². The van der Waals surface area contributed by atoms with Gasteiger partial charge in [0.15, 0.2) is 17.4 Å². The fourth-order valence-corrected chi connectivity index (χ4v) is 4.50. The lowest BCUT2D eigenvalue weighted by molar-refractivity contribution is -0.660. The molecule has 3 nitrogen and oxygen atoms in total. The smallest absolute Gasteiger partial charge is 0.216 e. The van der Waals surface area contributed by atoms with Crippen LogP contribution in [0.4, 0.5) is 0 Å². The summed E-state index contributed by atoms with van der Waals surface area (Å²) in [6, 6.07) is 21.1. The minimum absolute atomic E-state index is 0.815. The molecular weight excluding hydrogens is 358 g/mol. The lowest BCUT2D eigenvalue weighted by Gasteiger charge is -2.05. The Morgan fingerprint density at radius 3 is 2.17 bits per heavy atom. The van der Waals surface area contributed by atoms with E-state index >= 15 is 0 Å². The Bertz CT molecular complexity index is 1580. The van der Waals surface area contributed by atoms with E-state index in [0.717, 1.165) is 55.1 Å². The highest BCUT2D eigenvalue weighted by Crippen LogP contribution is 2.41. The molecule has 0 radical (unpaired) electrons. The molecule has 0 aliphatic carbocycles. The number of hydrogen-bond acceptors (Lipinski definition) is 2. The first-order valence-corrected chi connectivity index (χ1v) is 9.84. The van der Waals surface area contributed by atoms with Crippen LogP contribution in [0, 0.1) is 13.8 Å². The number of benzene rings is 3. The number of aromatic nitrogens is 1. The van der Waals surface area contributed by atoms with E-state index in [-0.39, 0.29) is 0 Å². The largest absolute Gasteiger partial charge is 0.452 e. The van der Waals surface area contributed by atoms with E-state index in [0.29, 0.717) is 0 Å². The van der Waals surface area contributed by atoms with E-state index in [4.69, 9.17) is 8.83 Å². The molecule has 0 aliphatic rings. The molecule has 140 valence electrons. The maximum Gasteiger partial charge on any atom is 0.216 e. The van der Waals surface area contributed by atoms with E-state index < -0.39 is 0 Å². The van der Waals surface area contributed by atoms with Gasteiger partial charge in [0.25, 0.3) is 0 Å². The van der Waals surface area contributed by atoms with Crippen molar-refractivity contribution in [3.8, 4) is 11.3 Å². The molecule has 3 heterocycles. The van der Waals surface area contributed by atoms with Crippen LogP contribution in [0.3, 0.4) is 0 Å². The van der Waals surface area contributed by atoms with E-state index in [9.17, 15) is 0 Å². The molecule has 6 rings (SSSR count). The maximum atomic E-state index is 6.54. The Balaban J connectivity index is 1.77. The quantitative estimate of drug-likeness (QED) is 0.302. The van der Waals surface area contributed by atoms with Crippen molar-refractivity contribution in [2.75, 3.05) is 0 Å². The van der Waals surface area contributed by atoms with Gasteiger partial charge in [0.1, 0.15) is 18.2 Å². The second-order valence-corrected chi connectivity index (χ2v) is 7.86. The number of aryl methyl sites for hydroxylation is 3. The number of hydrogen-bond donors (Lipinski definition) is 0. The zero-order valence-corrected chi connectivity index (χ0v) is 16.6. The van der Waals surface area contributed by atoms with E-state index in [1.165, 1.54) is 11.1 Å². The second-order valence-electron chi connectivity index (χ2n) is 7.86. The summed E-state index contributed by atoms with van der Waals surface area (Å²) in [4.78, 5) is 0. The van der Waals surface area contributed by atoms with Gasteiger partial charge in [-0.2, -0.15) is 0 Å². The van der Waals surface area contributed by atoms with Crippen molar-refractivity contribution in [2.24, 2.45) is 7.05 Å². The van der Waals surface area contributed by atoms with Crippen molar-refractivity contribution >= 4 is 43.9 Å². The molecule has 0 aliphatic heterocycles. The van der Waals surface area contributed by atoms with Gasteiger partial charge in [-0.15, -0.1) is 0 Å². The summed E-state index contributed by atoms with van der Waals surface area (Å²) >= 11 is 0. The molecule has 0 spiro atoms. The molecule has 0 amide bonds. The van der Waals surface area contributed by atoms with Crippen molar-refractivity contribution in [3.63, 3.8) is 0 Å². The van der Waals surface area contributed by atoms with Gasteiger partial charge in [-0.25, -0.2) is 4.57 Å². The number of nitrogens with zero attached hydrogens (tertiary/aromatic N) is 1. The van der Waals surface area contributed by atoms with Gasteiger partial charge in [-0.3, -0.25) is 0 Å². The topological polar surface area (TPSA) is 30.2 Å². The van der Waals surface area contributed by atoms with Crippen LogP contribution in [0.25, 0.3) is 55.1 Å². The first-order valence-electron chi connectivity index (χ1n) is 9.84. The van der Waals surface area contributed by atoms with Gasteiger partial charge in [0.2, 0.25) is 5.69 Å². The molecule has 0 saturated carbocycles. The van der Waals surface area contributed by atoms with Crippen LogP contribution < -0.4 is 4.57 Å². The van der Waals surface area contributed by atoms with Crippen molar-refractivity contribution in [3.05, 3.63) is 78.0 Å². The van der Waals surface area contributed by atoms with Crippen molar-refractivity contribution < 1.29 is 13.4 Å². The molecule has 3 aromatic carbocycles. The lowest BCUT2D eigenvalue weighted by Crippen LogP contribution is -2.31. The van der Waals surface area contributed by atoms with E-state index in [1.54, 1.807) is 0 Å². The van der Waals surface area contributed by atoms with Gasteiger partial charge in [-0.05, 0) is 43.7 Å². The molecule has 29 heavy (non-hydrogen) atoms. The van der Waals surface area contributed by atoms with Gasteiger partial charge < -0.3 is 8.83 Å². The van der Waals surface area contributed by atoms with Crippen molar-refractivity contribution in [1.29, 1.82) is 0 Å². The molecule has 0 fully saturated rings. The third-order valence-corrected chi connectivity index (χ3v) is 5.90. The SMILES string of the molecule is Cc1ccc(-c2c(C)ccc3c2oc2c3ccc3c4ccccc4oc32)[n+](C)c1. The van der Waals surface area contributed by atoms with Gasteiger partial charge >= 0.3 is 0 Å². The highest BCUT2D eigenvalue weighted by molar-refractivity contribution is 6.20. The van der Waals surface area contributed by atoms with Gasteiger partial charge in [0.05, 0.1) is 5.56 Å². The van der Waals surface area contributed by atoms with Crippen LogP contribution in [-0.2, 0) is 7.05 Å². The van der Waals surface area contributed by atoms with Crippen LogP contribution in [0.15, 0.2) is 75.7 Å². The molecule has 3 aromatic heterocycles. The summed E-state index contributed by atoms with van der Waals surface area (Å²) in [6.07, 6.45) is 2.15. The van der Waals surface area contributed by atoms with Crippen LogP contribution in [0.2, 0.25) is 0 Å². The summed E-state index contributed by atoms with van der Waals surface area (Å²) in [5.41, 5.74) is 8.12. The highest BCUT2D eigenvalue weighted by Gasteiger charge is 2.22. The summed E-state index contributed by atoms with van der Waals surface area (Å²) in [6.45, 7) is 4.25. The predicted molar refractivity (Wildman–Crippen MR) is 117 cm³/mol. The molecule has 0 bridgehead atoms. The van der Waals surface area contributed by atoms with E-state index in [2.05, 4.69) is 74.1 Å². The van der Waals surface area contributed by atoms with Gasteiger partial charge in [-0.1, -0.05) is 30.3 Å². The number of fused-ring (bicyclic) bond motifs is 7. The summed E-state index contributed by atoms with van der Waals surface area (Å²) in [5.74, 6) is 0. The third kappa shape index (κ3) is 2.21. The fourth-order valence-electron chi connectivity index (χ4n) is 4.50. The van der Waals surface area contributed by atoms with Crippen LogP contribution >= 0.6 is 0 Å². The number of pyridine rings is 1. The van der Waals surface area contributed by atoms with Crippen molar-refractivity contribution in [2.45, 2.75) is 13.8 Å². The van der Waals surface area contributed by atoms with E-state index in [1.807, 2.05) is 18.2 Å². The van der Waals surface area contributed by atoms with Gasteiger partial charge in [0, 0.05) is 33.2 Å².